The van der Waals surface area contributed by atoms with Crippen LogP contribution in [-0.4, -0.2) is 21.0 Å². The zero-order chi connectivity index (χ0) is 27.5. The molecular formula is C33H24FN3O2S. The number of aromatic nitrogens is 2. The van der Waals surface area contributed by atoms with E-state index in [1.807, 2.05) is 125 Å². The number of fused-ring (bicyclic) bond motifs is 1. The number of halogens is 1. The standard InChI is InChI=1S/C33H24FN3O2S/c34-28-22-31-27(21-30(28)35-32(38)39)29(19-18-26-17-10-20-40-26)36-37(31)33(23-11-4-1-5-12-23,24-13-6-2-7-14-24)25-15-8-3-9-16-25/h1-22,35H,(H,38,39)/b19-18+. The van der Waals surface area contributed by atoms with Gasteiger partial charge in [0.05, 0.1) is 16.9 Å². The van der Waals surface area contributed by atoms with Gasteiger partial charge in [0.25, 0.3) is 0 Å². The molecule has 4 aromatic carbocycles. The van der Waals surface area contributed by atoms with Crippen molar-refractivity contribution in [2.24, 2.45) is 0 Å². The average molecular weight is 546 g/mol. The summed E-state index contributed by atoms with van der Waals surface area (Å²) in [5, 5.41) is 19.3. The van der Waals surface area contributed by atoms with Crippen LogP contribution in [0.3, 0.4) is 0 Å². The summed E-state index contributed by atoms with van der Waals surface area (Å²) in [5.41, 5.74) is 2.84. The monoisotopic (exact) mass is 545 g/mol. The molecule has 2 heterocycles. The maximum absolute atomic E-state index is 15.5. The second-order valence-corrected chi connectivity index (χ2v) is 10.2. The molecule has 0 radical (unpaired) electrons. The molecule has 0 unspecified atom stereocenters. The number of hydrogen-bond donors (Lipinski definition) is 2. The van der Waals surface area contributed by atoms with Gasteiger partial charge in [-0.25, -0.2) is 13.9 Å². The fraction of sp³-hybridized carbons (Fsp3) is 0.0303. The highest BCUT2D eigenvalue weighted by Gasteiger charge is 2.41. The van der Waals surface area contributed by atoms with Crippen molar-refractivity contribution in [2.75, 3.05) is 5.32 Å². The lowest BCUT2D eigenvalue weighted by Crippen LogP contribution is -2.38. The summed E-state index contributed by atoms with van der Waals surface area (Å²) < 4.78 is 17.4. The van der Waals surface area contributed by atoms with E-state index in [1.54, 1.807) is 11.3 Å². The van der Waals surface area contributed by atoms with Gasteiger partial charge in [-0.1, -0.05) is 97.1 Å². The van der Waals surface area contributed by atoms with Gasteiger partial charge in [-0.3, -0.25) is 5.32 Å². The van der Waals surface area contributed by atoms with Crippen molar-refractivity contribution in [1.82, 2.24) is 9.78 Å². The Labute approximate surface area is 234 Å². The summed E-state index contributed by atoms with van der Waals surface area (Å²) in [4.78, 5) is 12.5. The van der Waals surface area contributed by atoms with E-state index in [-0.39, 0.29) is 5.69 Å². The molecule has 0 aliphatic heterocycles. The highest BCUT2D eigenvalue weighted by Crippen LogP contribution is 2.43. The quantitative estimate of drug-likeness (QED) is 0.198. The van der Waals surface area contributed by atoms with Gasteiger partial charge in [0.1, 0.15) is 11.4 Å². The zero-order valence-electron chi connectivity index (χ0n) is 21.2. The largest absolute Gasteiger partial charge is 0.465 e. The molecule has 2 N–H and O–H groups in total. The number of amides is 1. The molecule has 196 valence electrons. The van der Waals surface area contributed by atoms with Crippen LogP contribution in [0.15, 0.2) is 121 Å². The van der Waals surface area contributed by atoms with Crippen molar-refractivity contribution in [3.05, 3.63) is 154 Å². The minimum atomic E-state index is -1.34. The molecule has 0 aliphatic carbocycles. The highest BCUT2D eigenvalue weighted by atomic mass is 32.1. The fourth-order valence-corrected chi connectivity index (χ4v) is 5.82. The molecule has 0 fully saturated rings. The molecule has 0 saturated heterocycles. The molecule has 0 bridgehead atoms. The molecule has 5 nitrogen and oxygen atoms in total. The summed E-state index contributed by atoms with van der Waals surface area (Å²) in [6.45, 7) is 0. The number of anilines is 1. The fourth-order valence-electron chi connectivity index (χ4n) is 5.20. The smallest absolute Gasteiger partial charge is 0.409 e. The Morgan fingerprint density at radius 3 is 1.90 bits per heavy atom. The van der Waals surface area contributed by atoms with Gasteiger partial charge in [-0.15, -0.1) is 11.3 Å². The topological polar surface area (TPSA) is 67.2 Å². The van der Waals surface area contributed by atoms with E-state index < -0.39 is 17.4 Å². The molecule has 2 aromatic heterocycles. The Balaban J connectivity index is 1.74. The van der Waals surface area contributed by atoms with Gasteiger partial charge >= 0.3 is 6.09 Å². The molecule has 6 rings (SSSR count). The van der Waals surface area contributed by atoms with E-state index in [9.17, 15) is 9.90 Å². The number of nitrogens with one attached hydrogen (secondary N) is 1. The summed E-state index contributed by atoms with van der Waals surface area (Å²) in [5.74, 6) is -0.687. The van der Waals surface area contributed by atoms with Gasteiger partial charge < -0.3 is 5.11 Å². The second kappa shape index (κ2) is 10.6. The molecule has 0 saturated carbocycles. The minimum Gasteiger partial charge on any atom is -0.465 e. The minimum absolute atomic E-state index is 0.130. The predicted octanol–water partition coefficient (Wildman–Crippen LogP) is 8.34. The molecule has 7 heteroatoms. The molecule has 0 atom stereocenters. The maximum atomic E-state index is 15.5. The summed E-state index contributed by atoms with van der Waals surface area (Å²) >= 11 is 1.59. The van der Waals surface area contributed by atoms with Crippen molar-refractivity contribution in [1.29, 1.82) is 0 Å². The van der Waals surface area contributed by atoms with Gasteiger partial charge in [-0.2, -0.15) is 5.10 Å². The molecule has 6 aromatic rings. The summed E-state index contributed by atoms with van der Waals surface area (Å²) in [6.07, 6.45) is 2.51. The first-order valence-electron chi connectivity index (χ1n) is 12.7. The number of thiophene rings is 1. The summed E-state index contributed by atoms with van der Waals surface area (Å²) in [7, 11) is 0. The molecule has 40 heavy (non-hydrogen) atoms. The molecule has 1 amide bonds. The van der Waals surface area contributed by atoms with E-state index in [1.165, 1.54) is 12.1 Å². The van der Waals surface area contributed by atoms with Crippen LogP contribution in [0, 0.1) is 5.82 Å². The van der Waals surface area contributed by atoms with E-state index in [0.29, 0.717) is 16.6 Å². The van der Waals surface area contributed by atoms with E-state index >= 15 is 4.39 Å². The van der Waals surface area contributed by atoms with Crippen LogP contribution >= 0.6 is 11.3 Å². The number of benzene rings is 4. The number of carboxylic acid groups (broad SMARTS) is 1. The van der Waals surface area contributed by atoms with Crippen LogP contribution in [0.2, 0.25) is 0 Å². The average Bonchev–Trinajstić information content (AvgIpc) is 3.63. The van der Waals surface area contributed by atoms with Crippen LogP contribution < -0.4 is 5.32 Å². The van der Waals surface area contributed by atoms with Crippen molar-refractivity contribution in [3.8, 4) is 0 Å². The predicted molar refractivity (Wildman–Crippen MR) is 159 cm³/mol. The Bertz CT molecular complexity index is 1700. The summed E-state index contributed by atoms with van der Waals surface area (Å²) in [6, 6.07) is 36.9. The third-order valence-corrected chi connectivity index (χ3v) is 7.72. The van der Waals surface area contributed by atoms with Crippen LogP contribution in [0.1, 0.15) is 27.3 Å². The van der Waals surface area contributed by atoms with Gasteiger partial charge in [0, 0.05) is 16.3 Å². The number of carbonyl (C=O) groups is 1. The first kappa shape index (κ1) is 25.3. The zero-order valence-corrected chi connectivity index (χ0v) is 22.1. The Morgan fingerprint density at radius 2 is 1.40 bits per heavy atom. The van der Waals surface area contributed by atoms with Gasteiger partial charge in [-0.05, 0) is 46.4 Å². The van der Waals surface area contributed by atoms with Crippen molar-refractivity contribution in [2.45, 2.75) is 5.54 Å². The van der Waals surface area contributed by atoms with Gasteiger partial charge in [0.2, 0.25) is 0 Å². The van der Waals surface area contributed by atoms with E-state index in [2.05, 4.69) is 5.32 Å². The molecule has 0 aliphatic rings. The molecular weight excluding hydrogens is 521 g/mol. The Kier molecular flexibility index (Phi) is 6.72. The lowest BCUT2D eigenvalue weighted by Gasteiger charge is -2.37. The third-order valence-electron chi connectivity index (χ3n) is 6.88. The maximum Gasteiger partial charge on any atom is 0.409 e. The van der Waals surface area contributed by atoms with Crippen molar-refractivity contribution in [3.63, 3.8) is 0 Å². The Morgan fingerprint density at radius 1 is 0.825 bits per heavy atom. The number of rotatable bonds is 7. The van der Waals surface area contributed by atoms with Crippen LogP contribution in [0.4, 0.5) is 14.9 Å². The number of nitrogens with zero attached hydrogens (tertiary/aromatic N) is 2. The second-order valence-electron chi connectivity index (χ2n) is 9.23. The van der Waals surface area contributed by atoms with Crippen molar-refractivity contribution < 1.29 is 14.3 Å². The van der Waals surface area contributed by atoms with E-state index in [0.717, 1.165) is 21.6 Å². The van der Waals surface area contributed by atoms with E-state index in [4.69, 9.17) is 5.10 Å². The van der Waals surface area contributed by atoms with Crippen LogP contribution in [0.25, 0.3) is 23.1 Å². The Hall–Kier alpha value is -5.01. The van der Waals surface area contributed by atoms with Crippen LogP contribution in [-0.2, 0) is 5.54 Å². The highest BCUT2D eigenvalue weighted by molar-refractivity contribution is 7.10. The first-order valence-corrected chi connectivity index (χ1v) is 13.6. The lowest BCUT2D eigenvalue weighted by molar-refractivity contribution is 0.209. The van der Waals surface area contributed by atoms with Gasteiger partial charge in [0.15, 0.2) is 0 Å². The lowest BCUT2D eigenvalue weighted by atomic mass is 9.77. The third kappa shape index (κ3) is 4.46. The normalized spacial score (nSPS) is 11.7. The molecule has 0 spiro atoms. The SMILES string of the molecule is O=C(O)Nc1cc2c(/C=C/c3cccs3)nn(C(c3ccccc3)(c3ccccc3)c3ccccc3)c2cc1F. The van der Waals surface area contributed by atoms with Crippen molar-refractivity contribution >= 4 is 46.2 Å². The first-order chi connectivity index (χ1) is 19.6. The van der Waals surface area contributed by atoms with Crippen LogP contribution in [0.5, 0.6) is 0 Å². The number of hydrogen-bond acceptors (Lipinski definition) is 3.